The SMILES string of the molecule is CC1(C)C(N)C1C1CCCCCC1. The highest BCUT2D eigenvalue weighted by molar-refractivity contribution is 5.11. The Hall–Kier alpha value is -0.0400. The van der Waals surface area contributed by atoms with E-state index in [0.29, 0.717) is 11.5 Å². The molecule has 2 aliphatic carbocycles. The van der Waals surface area contributed by atoms with Crippen molar-refractivity contribution in [3.63, 3.8) is 0 Å². The summed E-state index contributed by atoms with van der Waals surface area (Å²) in [5.74, 6) is 1.79. The first-order valence-corrected chi connectivity index (χ1v) is 5.89. The molecule has 2 N–H and O–H groups in total. The topological polar surface area (TPSA) is 26.0 Å². The van der Waals surface area contributed by atoms with Crippen LogP contribution in [0.5, 0.6) is 0 Å². The van der Waals surface area contributed by atoms with Crippen LogP contribution in [-0.2, 0) is 0 Å². The van der Waals surface area contributed by atoms with Gasteiger partial charge in [-0.05, 0) is 17.3 Å². The Balaban J connectivity index is 1.93. The Kier molecular flexibility index (Phi) is 2.39. The van der Waals surface area contributed by atoms with Crippen LogP contribution in [0.2, 0.25) is 0 Å². The molecule has 76 valence electrons. The molecule has 0 saturated heterocycles. The van der Waals surface area contributed by atoms with Gasteiger partial charge in [0.25, 0.3) is 0 Å². The molecule has 0 bridgehead atoms. The van der Waals surface area contributed by atoms with Crippen LogP contribution in [0.25, 0.3) is 0 Å². The van der Waals surface area contributed by atoms with Crippen molar-refractivity contribution in [2.75, 3.05) is 0 Å². The summed E-state index contributed by atoms with van der Waals surface area (Å²) in [5.41, 5.74) is 6.58. The maximum atomic E-state index is 6.13. The Morgan fingerprint density at radius 3 is 1.85 bits per heavy atom. The summed E-state index contributed by atoms with van der Waals surface area (Å²) >= 11 is 0. The summed E-state index contributed by atoms with van der Waals surface area (Å²) in [6.07, 6.45) is 8.70. The Morgan fingerprint density at radius 2 is 1.46 bits per heavy atom. The lowest BCUT2D eigenvalue weighted by atomic mass is 9.90. The minimum atomic E-state index is 0.453. The summed E-state index contributed by atoms with van der Waals surface area (Å²) < 4.78 is 0. The largest absolute Gasteiger partial charge is 0.327 e. The summed E-state index contributed by atoms with van der Waals surface area (Å²) in [6.45, 7) is 4.68. The molecule has 2 rings (SSSR count). The zero-order valence-electron chi connectivity index (χ0n) is 9.05. The van der Waals surface area contributed by atoms with Gasteiger partial charge < -0.3 is 5.73 Å². The van der Waals surface area contributed by atoms with Crippen molar-refractivity contribution in [1.29, 1.82) is 0 Å². The molecule has 2 atom stereocenters. The van der Waals surface area contributed by atoms with Crippen molar-refractivity contribution in [1.82, 2.24) is 0 Å². The Labute approximate surface area is 82.1 Å². The maximum absolute atomic E-state index is 6.13. The molecular weight excluding hydrogens is 158 g/mol. The molecule has 0 aromatic heterocycles. The van der Waals surface area contributed by atoms with Gasteiger partial charge in [-0.3, -0.25) is 0 Å². The van der Waals surface area contributed by atoms with Crippen LogP contribution in [0.15, 0.2) is 0 Å². The molecule has 0 aromatic carbocycles. The Bertz CT molecular complexity index is 178. The van der Waals surface area contributed by atoms with E-state index in [4.69, 9.17) is 5.73 Å². The quantitative estimate of drug-likeness (QED) is 0.618. The van der Waals surface area contributed by atoms with Crippen molar-refractivity contribution >= 4 is 0 Å². The van der Waals surface area contributed by atoms with Crippen LogP contribution in [0, 0.1) is 17.3 Å². The lowest BCUT2D eigenvalue weighted by Crippen LogP contribution is -2.10. The second-order valence-electron chi connectivity index (χ2n) is 5.62. The van der Waals surface area contributed by atoms with Crippen molar-refractivity contribution in [3.8, 4) is 0 Å². The fourth-order valence-corrected chi connectivity index (χ4v) is 3.29. The highest BCUT2D eigenvalue weighted by Gasteiger charge is 2.58. The molecular formula is C12H23N. The monoisotopic (exact) mass is 181 g/mol. The Morgan fingerprint density at radius 1 is 1.00 bits per heavy atom. The molecule has 2 saturated carbocycles. The van der Waals surface area contributed by atoms with E-state index in [1.165, 1.54) is 38.5 Å². The zero-order chi connectivity index (χ0) is 9.47. The molecule has 0 heterocycles. The van der Waals surface area contributed by atoms with Gasteiger partial charge in [0.1, 0.15) is 0 Å². The van der Waals surface area contributed by atoms with Crippen LogP contribution in [0.3, 0.4) is 0 Å². The highest BCUT2D eigenvalue weighted by Crippen LogP contribution is 2.57. The summed E-state index contributed by atoms with van der Waals surface area (Å²) in [7, 11) is 0. The molecule has 1 heteroatoms. The molecule has 0 radical (unpaired) electrons. The molecule has 1 nitrogen and oxygen atoms in total. The molecule has 2 fully saturated rings. The third-order valence-corrected chi connectivity index (χ3v) is 4.40. The van der Waals surface area contributed by atoms with Crippen LogP contribution in [0.4, 0.5) is 0 Å². The minimum Gasteiger partial charge on any atom is -0.327 e. The predicted molar refractivity (Wildman–Crippen MR) is 56.4 cm³/mol. The fraction of sp³-hybridized carbons (Fsp3) is 1.00. The van der Waals surface area contributed by atoms with Gasteiger partial charge in [-0.1, -0.05) is 52.4 Å². The van der Waals surface area contributed by atoms with Crippen molar-refractivity contribution < 1.29 is 0 Å². The normalized spacial score (nSPS) is 39.9. The second kappa shape index (κ2) is 3.27. The van der Waals surface area contributed by atoms with E-state index in [1.54, 1.807) is 0 Å². The summed E-state index contributed by atoms with van der Waals surface area (Å²) in [6, 6.07) is 0.496. The second-order valence-corrected chi connectivity index (χ2v) is 5.62. The van der Waals surface area contributed by atoms with Crippen molar-refractivity contribution in [2.45, 2.75) is 58.4 Å². The number of hydrogen-bond donors (Lipinski definition) is 1. The lowest BCUT2D eigenvalue weighted by Gasteiger charge is -2.14. The third-order valence-electron chi connectivity index (χ3n) is 4.40. The lowest BCUT2D eigenvalue weighted by molar-refractivity contribution is 0.353. The van der Waals surface area contributed by atoms with Gasteiger partial charge in [0.2, 0.25) is 0 Å². The van der Waals surface area contributed by atoms with E-state index < -0.39 is 0 Å². The number of hydrogen-bond acceptors (Lipinski definition) is 1. The highest BCUT2D eigenvalue weighted by atomic mass is 14.8. The van der Waals surface area contributed by atoms with Gasteiger partial charge in [0, 0.05) is 6.04 Å². The van der Waals surface area contributed by atoms with Gasteiger partial charge >= 0.3 is 0 Å². The molecule has 13 heavy (non-hydrogen) atoms. The van der Waals surface area contributed by atoms with Gasteiger partial charge in [-0.15, -0.1) is 0 Å². The zero-order valence-corrected chi connectivity index (χ0v) is 9.05. The summed E-state index contributed by atoms with van der Waals surface area (Å²) in [4.78, 5) is 0. The van der Waals surface area contributed by atoms with Crippen LogP contribution in [-0.4, -0.2) is 6.04 Å². The average molecular weight is 181 g/mol. The third kappa shape index (κ3) is 1.63. The van der Waals surface area contributed by atoms with Crippen LogP contribution in [0.1, 0.15) is 52.4 Å². The molecule has 2 unspecified atom stereocenters. The van der Waals surface area contributed by atoms with Crippen LogP contribution >= 0.6 is 0 Å². The van der Waals surface area contributed by atoms with Crippen molar-refractivity contribution in [2.24, 2.45) is 23.0 Å². The van der Waals surface area contributed by atoms with Gasteiger partial charge in [-0.25, -0.2) is 0 Å². The van der Waals surface area contributed by atoms with Crippen molar-refractivity contribution in [3.05, 3.63) is 0 Å². The first-order valence-electron chi connectivity index (χ1n) is 5.89. The molecule has 0 amide bonds. The van der Waals surface area contributed by atoms with Gasteiger partial charge in [0.15, 0.2) is 0 Å². The number of rotatable bonds is 1. The van der Waals surface area contributed by atoms with E-state index in [2.05, 4.69) is 13.8 Å². The van der Waals surface area contributed by atoms with Gasteiger partial charge in [-0.2, -0.15) is 0 Å². The van der Waals surface area contributed by atoms with E-state index in [0.717, 1.165) is 11.8 Å². The average Bonchev–Trinajstić information content (AvgIpc) is 2.67. The number of nitrogens with two attached hydrogens (primary N) is 1. The summed E-state index contributed by atoms with van der Waals surface area (Å²) in [5, 5.41) is 0. The molecule has 0 aromatic rings. The fourth-order valence-electron chi connectivity index (χ4n) is 3.29. The smallest absolute Gasteiger partial charge is 0.0130 e. The van der Waals surface area contributed by atoms with Gasteiger partial charge in [0.05, 0.1) is 0 Å². The standard InChI is InChI=1S/C12H23N/c1-12(2)10(11(12)13)9-7-5-3-4-6-8-9/h9-11H,3-8,13H2,1-2H3. The first-order chi connectivity index (χ1) is 6.14. The maximum Gasteiger partial charge on any atom is 0.0130 e. The van der Waals surface area contributed by atoms with E-state index >= 15 is 0 Å². The van der Waals surface area contributed by atoms with E-state index in [9.17, 15) is 0 Å². The van der Waals surface area contributed by atoms with E-state index in [-0.39, 0.29) is 0 Å². The minimum absolute atomic E-state index is 0.453. The predicted octanol–water partition coefficient (Wildman–Crippen LogP) is 2.94. The molecule has 2 aliphatic rings. The van der Waals surface area contributed by atoms with Crippen LogP contribution < -0.4 is 5.73 Å². The first kappa shape index (κ1) is 9.51. The molecule has 0 aliphatic heterocycles. The molecule has 0 spiro atoms. The van der Waals surface area contributed by atoms with E-state index in [1.807, 2.05) is 0 Å².